The van der Waals surface area contributed by atoms with Gasteiger partial charge in [0, 0.05) is 22.1 Å². The van der Waals surface area contributed by atoms with E-state index in [1.807, 2.05) is 19.1 Å². The largest absolute Gasteiger partial charge is 0.395 e. The second kappa shape index (κ2) is 6.45. The zero-order valence-electron chi connectivity index (χ0n) is 9.50. The van der Waals surface area contributed by atoms with Crippen LogP contribution in [0.1, 0.15) is 31.9 Å². The Bertz CT molecular complexity index is 344. The molecule has 2 nitrogen and oxygen atoms in total. The highest BCUT2D eigenvalue weighted by molar-refractivity contribution is 6.35. The van der Waals surface area contributed by atoms with Crippen LogP contribution < -0.4 is 5.32 Å². The molecular formula is C12H17Cl2NO. The molecular weight excluding hydrogens is 245 g/mol. The van der Waals surface area contributed by atoms with Gasteiger partial charge in [-0.25, -0.2) is 0 Å². The molecule has 0 heterocycles. The predicted octanol–water partition coefficient (Wildman–Crippen LogP) is 3.41. The highest BCUT2D eigenvalue weighted by Gasteiger charge is 2.14. The van der Waals surface area contributed by atoms with Crippen LogP contribution in [0.2, 0.25) is 10.0 Å². The molecule has 0 aliphatic carbocycles. The average Bonchev–Trinajstić information content (AvgIpc) is 2.26. The molecule has 0 saturated carbocycles. The van der Waals surface area contributed by atoms with Gasteiger partial charge in [-0.15, -0.1) is 0 Å². The first-order chi connectivity index (χ1) is 7.58. The summed E-state index contributed by atoms with van der Waals surface area (Å²) >= 11 is 12.0. The standard InChI is InChI=1S/C12H17Cl2NO/c1-3-12(15-8(2)7-16)10-5-4-9(13)6-11(10)14/h4-6,8,12,15-16H,3,7H2,1-2H3/t8-,12?/m1/s1. The smallest absolute Gasteiger partial charge is 0.0582 e. The van der Waals surface area contributed by atoms with Crippen molar-refractivity contribution in [3.8, 4) is 0 Å². The molecule has 1 aromatic carbocycles. The minimum Gasteiger partial charge on any atom is -0.395 e. The van der Waals surface area contributed by atoms with E-state index in [0.717, 1.165) is 12.0 Å². The molecule has 0 amide bonds. The third-order valence-electron chi connectivity index (χ3n) is 2.51. The molecule has 2 N–H and O–H groups in total. The number of halogens is 2. The van der Waals surface area contributed by atoms with Gasteiger partial charge >= 0.3 is 0 Å². The molecule has 0 aliphatic rings. The maximum atomic E-state index is 9.02. The van der Waals surface area contributed by atoms with Crippen molar-refractivity contribution in [1.29, 1.82) is 0 Å². The summed E-state index contributed by atoms with van der Waals surface area (Å²) in [4.78, 5) is 0. The molecule has 4 heteroatoms. The molecule has 1 rings (SSSR count). The van der Waals surface area contributed by atoms with E-state index < -0.39 is 0 Å². The first-order valence-corrected chi connectivity index (χ1v) is 6.16. The zero-order chi connectivity index (χ0) is 12.1. The Kier molecular flexibility index (Phi) is 5.56. The highest BCUT2D eigenvalue weighted by Crippen LogP contribution is 2.28. The lowest BCUT2D eigenvalue weighted by molar-refractivity contribution is 0.239. The van der Waals surface area contributed by atoms with E-state index in [2.05, 4.69) is 12.2 Å². The predicted molar refractivity (Wildman–Crippen MR) is 69.2 cm³/mol. The van der Waals surface area contributed by atoms with E-state index in [1.165, 1.54) is 0 Å². The van der Waals surface area contributed by atoms with Gasteiger partial charge in [0.05, 0.1) is 6.61 Å². The van der Waals surface area contributed by atoms with Crippen molar-refractivity contribution in [2.24, 2.45) is 0 Å². The first kappa shape index (κ1) is 13.8. The summed E-state index contributed by atoms with van der Waals surface area (Å²) in [5, 5.41) is 13.6. The second-order valence-corrected chi connectivity index (χ2v) is 4.72. The van der Waals surface area contributed by atoms with Gasteiger partial charge in [0.25, 0.3) is 0 Å². The number of rotatable bonds is 5. The van der Waals surface area contributed by atoms with E-state index in [0.29, 0.717) is 10.0 Å². The van der Waals surface area contributed by atoms with E-state index in [-0.39, 0.29) is 18.7 Å². The first-order valence-electron chi connectivity index (χ1n) is 5.40. The summed E-state index contributed by atoms with van der Waals surface area (Å²) < 4.78 is 0. The van der Waals surface area contributed by atoms with Crippen LogP contribution in [0.25, 0.3) is 0 Å². The van der Waals surface area contributed by atoms with Gasteiger partial charge in [-0.2, -0.15) is 0 Å². The highest BCUT2D eigenvalue weighted by atomic mass is 35.5. The fourth-order valence-corrected chi connectivity index (χ4v) is 2.15. The van der Waals surface area contributed by atoms with Crippen molar-refractivity contribution in [2.45, 2.75) is 32.4 Å². The lowest BCUT2D eigenvalue weighted by Gasteiger charge is -2.22. The van der Waals surface area contributed by atoms with Crippen molar-refractivity contribution in [1.82, 2.24) is 5.32 Å². The quantitative estimate of drug-likeness (QED) is 0.852. The average molecular weight is 262 g/mol. The minimum atomic E-state index is 0.0525. The van der Waals surface area contributed by atoms with Crippen molar-refractivity contribution in [3.05, 3.63) is 33.8 Å². The van der Waals surface area contributed by atoms with E-state index in [9.17, 15) is 0 Å². The lowest BCUT2D eigenvalue weighted by atomic mass is 10.0. The van der Waals surface area contributed by atoms with Gasteiger partial charge in [-0.05, 0) is 31.0 Å². The molecule has 0 aliphatic heterocycles. The molecule has 1 unspecified atom stereocenters. The fraction of sp³-hybridized carbons (Fsp3) is 0.500. The molecule has 0 bridgehead atoms. The Balaban J connectivity index is 2.86. The third-order valence-corrected chi connectivity index (χ3v) is 3.07. The van der Waals surface area contributed by atoms with Crippen molar-refractivity contribution in [3.63, 3.8) is 0 Å². The Morgan fingerprint density at radius 1 is 1.38 bits per heavy atom. The number of aliphatic hydroxyl groups is 1. The number of hydrogen-bond acceptors (Lipinski definition) is 2. The Labute approximate surface area is 107 Å². The monoisotopic (exact) mass is 261 g/mol. The molecule has 0 saturated heterocycles. The molecule has 1 aromatic rings. The SMILES string of the molecule is CCC(N[C@H](C)CO)c1ccc(Cl)cc1Cl. The van der Waals surface area contributed by atoms with Gasteiger partial charge in [-0.1, -0.05) is 36.2 Å². The van der Waals surface area contributed by atoms with E-state index in [1.54, 1.807) is 6.07 Å². The summed E-state index contributed by atoms with van der Waals surface area (Å²) in [6, 6.07) is 5.70. The summed E-state index contributed by atoms with van der Waals surface area (Å²) in [6.45, 7) is 4.13. The molecule has 0 fully saturated rings. The van der Waals surface area contributed by atoms with Gasteiger partial charge < -0.3 is 10.4 Å². The Morgan fingerprint density at radius 2 is 2.06 bits per heavy atom. The zero-order valence-corrected chi connectivity index (χ0v) is 11.0. The van der Waals surface area contributed by atoms with Crippen LogP contribution in [0, 0.1) is 0 Å². The van der Waals surface area contributed by atoms with Crippen LogP contribution in [0.5, 0.6) is 0 Å². The maximum absolute atomic E-state index is 9.02. The molecule has 90 valence electrons. The summed E-state index contributed by atoms with van der Waals surface area (Å²) in [6.07, 6.45) is 0.908. The van der Waals surface area contributed by atoms with Crippen molar-refractivity contribution in [2.75, 3.05) is 6.61 Å². The summed E-state index contributed by atoms with van der Waals surface area (Å²) in [5.41, 5.74) is 1.02. The Hall–Kier alpha value is -0.280. The van der Waals surface area contributed by atoms with Crippen molar-refractivity contribution < 1.29 is 5.11 Å². The molecule has 0 spiro atoms. The molecule has 0 radical (unpaired) electrons. The fourth-order valence-electron chi connectivity index (χ4n) is 1.61. The van der Waals surface area contributed by atoms with Crippen LogP contribution in [0.3, 0.4) is 0 Å². The van der Waals surface area contributed by atoms with E-state index in [4.69, 9.17) is 28.3 Å². The normalized spacial score (nSPS) is 14.8. The van der Waals surface area contributed by atoms with Gasteiger partial charge in [0.1, 0.15) is 0 Å². The molecule has 16 heavy (non-hydrogen) atoms. The van der Waals surface area contributed by atoms with Gasteiger partial charge in [0.2, 0.25) is 0 Å². The number of hydrogen-bond donors (Lipinski definition) is 2. The van der Waals surface area contributed by atoms with Gasteiger partial charge in [0.15, 0.2) is 0 Å². The van der Waals surface area contributed by atoms with Crippen LogP contribution in [-0.2, 0) is 0 Å². The molecule has 2 atom stereocenters. The van der Waals surface area contributed by atoms with Gasteiger partial charge in [-0.3, -0.25) is 0 Å². The van der Waals surface area contributed by atoms with Crippen LogP contribution >= 0.6 is 23.2 Å². The third kappa shape index (κ3) is 3.63. The van der Waals surface area contributed by atoms with Crippen LogP contribution in [-0.4, -0.2) is 17.8 Å². The number of aliphatic hydroxyl groups excluding tert-OH is 1. The number of benzene rings is 1. The topological polar surface area (TPSA) is 32.3 Å². The van der Waals surface area contributed by atoms with Crippen molar-refractivity contribution >= 4 is 23.2 Å². The van der Waals surface area contributed by atoms with E-state index >= 15 is 0 Å². The molecule has 0 aromatic heterocycles. The van der Waals surface area contributed by atoms with Crippen LogP contribution in [0.4, 0.5) is 0 Å². The van der Waals surface area contributed by atoms with Crippen LogP contribution in [0.15, 0.2) is 18.2 Å². The lowest BCUT2D eigenvalue weighted by Crippen LogP contribution is -2.33. The minimum absolute atomic E-state index is 0.0525. The maximum Gasteiger partial charge on any atom is 0.0582 e. The summed E-state index contributed by atoms with van der Waals surface area (Å²) in [7, 11) is 0. The summed E-state index contributed by atoms with van der Waals surface area (Å²) in [5.74, 6) is 0. The Morgan fingerprint density at radius 3 is 2.56 bits per heavy atom. The second-order valence-electron chi connectivity index (χ2n) is 3.88. The number of nitrogens with one attached hydrogen (secondary N) is 1.